The number of carbonyl (C=O) groups excluding carboxylic acids is 1. The Morgan fingerprint density at radius 2 is 1.75 bits per heavy atom. The highest BCUT2D eigenvalue weighted by Crippen LogP contribution is 2.62. The number of aromatic amines is 1. The van der Waals surface area contributed by atoms with Crippen LogP contribution in [-0.4, -0.2) is 31.9 Å². The largest absolute Gasteiger partial charge is 0.353 e. The number of amides is 1. The summed E-state index contributed by atoms with van der Waals surface area (Å²) in [6, 6.07) is 15.9. The highest BCUT2D eigenvalue weighted by molar-refractivity contribution is 5.88. The van der Waals surface area contributed by atoms with E-state index in [1.807, 2.05) is 60.3 Å². The molecule has 0 saturated heterocycles. The van der Waals surface area contributed by atoms with E-state index in [9.17, 15) is 9.59 Å². The van der Waals surface area contributed by atoms with E-state index in [0.29, 0.717) is 23.1 Å². The summed E-state index contributed by atoms with van der Waals surface area (Å²) >= 11 is 0. The van der Waals surface area contributed by atoms with Crippen LogP contribution in [0, 0.1) is 5.41 Å². The number of nitrogens with one attached hydrogen (secondary N) is 2. The first-order valence-electron chi connectivity index (χ1n) is 11.2. The average molecular weight is 428 g/mol. The summed E-state index contributed by atoms with van der Waals surface area (Å²) in [5, 5.41) is 17.5. The van der Waals surface area contributed by atoms with E-state index in [4.69, 9.17) is 0 Å². The van der Waals surface area contributed by atoms with Crippen molar-refractivity contribution in [3.05, 3.63) is 70.3 Å². The molecule has 6 rings (SSSR count). The number of aromatic nitrogens is 4. The Hall–Kier alpha value is -3.48. The summed E-state index contributed by atoms with van der Waals surface area (Å²) < 4.78 is 1.83. The molecule has 1 spiro atoms. The number of fused-ring (bicyclic) bond motifs is 2. The molecule has 0 aliphatic heterocycles. The van der Waals surface area contributed by atoms with Gasteiger partial charge in [0.25, 0.3) is 5.56 Å². The smallest absolute Gasteiger partial charge is 0.272 e. The predicted molar refractivity (Wildman–Crippen MR) is 122 cm³/mol. The Morgan fingerprint density at radius 3 is 2.53 bits per heavy atom. The second-order valence-electron chi connectivity index (χ2n) is 9.53. The minimum atomic E-state index is -0.134. The number of nitrogens with zero attached hydrogens (tertiary/aromatic N) is 3. The first kappa shape index (κ1) is 19.2. The summed E-state index contributed by atoms with van der Waals surface area (Å²) in [4.78, 5) is 24.7. The van der Waals surface area contributed by atoms with Crippen LogP contribution < -0.4 is 10.9 Å². The molecule has 2 N–H and O–H groups in total. The zero-order valence-electron chi connectivity index (χ0n) is 18.0. The fraction of sp³-hybridized carbons (Fsp3) is 0.360. The zero-order valence-corrected chi connectivity index (χ0v) is 18.0. The van der Waals surface area contributed by atoms with E-state index in [0.717, 1.165) is 53.4 Å². The van der Waals surface area contributed by atoms with Crippen LogP contribution in [0.15, 0.2) is 53.3 Å². The van der Waals surface area contributed by atoms with Crippen LogP contribution in [0.2, 0.25) is 0 Å². The molecule has 2 heterocycles. The third kappa shape index (κ3) is 3.03. The van der Waals surface area contributed by atoms with Gasteiger partial charge in [-0.15, -0.1) is 0 Å². The summed E-state index contributed by atoms with van der Waals surface area (Å²) in [7, 11) is 1.91. The summed E-state index contributed by atoms with van der Waals surface area (Å²) in [5.41, 5.74) is 3.04. The van der Waals surface area contributed by atoms with Gasteiger partial charge < -0.3 is 5.32 Å². The van der Waals surface area contributed by atoms with Crippen LogP contribution in [0.25, 0.3) is 21.7 Å². The lowest BCUT2D eigenvalue weighted by Gasteiger charge is -2.57. The first-order valence-corrected chi connectivity index (χ1v) is 11.2. The number of para-hydroxylation sites is 1. The number of benzene rings is 2. The molecule has 0 radical (unpaired) electrons. The molecule has 2 aliphatic rings. The number of hydrogen-bond acceptors (Lipinski definition) is 4. The molecule has 2 fully saturated rings. The van der Waals surface area contributed by atoms with Gasteiger partial charge >= 0.3 is 0 Å². The first-order chi connectivity index (χ1) is 15.5. The molecule has 1 amide bonds. The molecule has 0 atom stereocenters. The Labute approximate surface area is 184 Å². The van der Waals surface area contributed by atoms with Gasteiger partial charge in [0.15, 0.2) is 0 Å². The monoisotopic (exact) mass is 427 g/mol. The lowest BCUT2D eigenvalue weighted by Crippen LogP contribution is -2.56. The molecular formula is C25H25N5O2. The standard InChI is InChI=1S/C25H25N5O2/c1-30-21-9-5-4-8-19(21)20(29-30)10-22(31)26-16-13-25(14-16)11-15(12-25)23-17-6-2-3-7-18(17)24(32)28-27-23/h2-9,15-16H,10-14H2,1H3,(H,26,31)(H,28,32). The molecule has 7 heteroatoms. The number of carbonyl (C=O) groups is 1. The van der Waals surface area contributed by atoms with Crippen LogP contribution in [0.3, 0.4) is 0 Å². The molecule has 2 aromatic heterocycles. The minimum absolute atomic E-state index is 0.0397. The quantitative estimate of drug-likeness (QED) is 0.523. The third-order valence-corrected chi connectivity index (χ3v) is 7.36. The van der Waals surface area contributed by atoms with Gasteiger partial charge in [0.2, 0.25) is 5.91 Å². The van der Waals surface area contributed by atoms with Gasteiger partial charge in [0.1, 0.15) is 0 Å². The topological polar surface area (TPSA) is 92.7 Å². The second-order valence-corrected chi connectivity index (χ2v) is 9.53. The highest BCUT2D eigenvalue weighted by Gasteiger charge is 2.54. The van der Waals surface area contributed by atoms with Crippen molar-refractivity contribution in [2.24, 2.45) is 12.5 Å². The lowest BCUT2D eigenvalue weighted by molar-refractivity contribution is -0.124. The molecule has 7 nitrogen and oxygen atoms in total. The molecule has 32 heavy (non-hydrogen) atoms. The van der Waals surface area contributed by atoms with Gasteiger partial charge in [-0.2, -0.15) is 10.2 Å². The van der Waals surface area contributed by atoms with Gasteiger partial charge in [-0.3, -0.25) is 14.3 Å². The van der Waals surface area contributed by atoms with Crippen LogP contribution in [0.4, 0.5) is 0 Å². The summed E-state index contributed by atoms with van der Waals surface area (Å²) in [6.45, 7) is 0. The fourth-order valence-corrected chi connectivity index (χ4v) is 5.90. The summed E-state index contributed by atoms with van der Waals surface area (Å²) in [6.07, 6.45) is 4.46. The maximum absolute atomic E-state index is 12.6. The highest BCUT2D eigenvalue weighted by atomic mass is 16.1. The molecule has 0 bridgehead atoms. The van der Waals surface area contributed by atoms with Gasteiger partial charge in [0.05, 0.1) is 28.7 Å². The number of aryl methyl sites for hydroxylation is 1. The van der Waals surface area contributed by atoms with Crippen molar-refractivity contribution >= 4 is 27.6 Å². The fourth-order valence-electron chi connectivity index (χ4n) is 5.90. The maximum atomic E-state index is 12.6. The average Bonchev–Trinajstić information content (AvgIpc) is 3.05. The van der Waals surface area contributed by atoms with E-state index >= 15 is 0 Å². The molecule has 2 aliphatic carbocycles. The van der Waals surface area contributed by atoms with Crippen LogP contribution in [-0.2, 0) is 18.3 Å². The van der Waals surface area contributed by atoms with Crippen LogP contribution in [0.5, 0.6) is 0 Å². The molecule has 4 aromatic rings. The van der Waals surface area contributed by atoms with Crippen LogP contribution >= 0.6 is 0 Å². The SMILES string of the molecule is Cn1nc(CC(=O)NC2CC3(C2)CC(c2n[nH]c(=O)c4ccccc24)C3)c2ccccc21. The third-order valence-electron chi connectivity index (χ3n) is 7.36. The normalized spacial score (nSPS) is 24.4. The minimum Gasteiger partial charge on any atom is -0.353 e. The summed E-state index contributed by atoms with van der Waals surface area (Å²) in [5.74, 6) is 0.408. The van der Waals surface area contributed by atoms with E-state index < -0.39 is 0 Å². The Morgan fingerprint density at radius 1 is 1.06 bits per heavy atom. The van der Waals surface area contributed by atoms with Crippen LogP contribution in [0.1, 0.15) is 43.0 Å². The van der Waals surface area contributed by atoms with E-state index in [1.165, 1.54) is 0 Å². The molecule has 2 aromatic carbocycles. The molecule has 2 saturated carbocycles. The number of hydrogen-bond donors (Lipinski definition) is 2. The van der Waals surface area contributed by atoms with Gasteiger partial charge in [0, 0.05) is 29.8 Å². The van der Waals surface area contributed by atoms with Crippen molar-refractivity contribution in [3.63, 3.8) is 0 Å². The molecular weight excluding hydrogens is 402 g/mol. The van der Waals surface area contributed by atoms with Crippen molar-refractivity contribution < 1.29 is 4.79 Å². The number of H-pyrrole nitrogens is 1. The van der Waals surface area contributed by atoms with Crippen molar-refractivity contribution in [1.29, 1.82) is 0 Å². The second kappa shape index (κ2) is 7.02. The van der Waals surface area contributed by atoms with E-state index in [-0.39, 0.29) is 17.5 Å². The Balaban J connectivity index is 1.07. The van der Waals surface area contributed by atoms with Gasteiger partial charge in [-0.1, -0.05) is 36.4 Å². The Bertz CT molecular complexity index is 1400. The van der Waals surface area contributed by atoms with Crippen molar-refractivity contribution in [2.75, 3.05) is 0 Å². The zero-order chi connectivity index (χ0) is 21.9. The lowest BCUT2D eigenvalue weighted by atomic mass is 9.49. The van der Waals surface area contributed by atoms with Gasteiger partial charge in [-0.25, -0.2) is 5.10 Å². The van der Waals surface area contributed by atoms with Gasteiger partial charge in [-0.05, 0) is 43.2 Å². The predicted octanol–water partition coefficient (Wildman–Crippen LogP) is 3.19. The van der Waals surface area contributed by atoms with Crippen molar-refractivity contribution in [1.82, 2.24) is 25.3 Å². The molecule has 0 unspecified atom stereocenters. The van der Waals surface area contributed by atoms with E-state index in [1.54, 1.807) is 0 Å². The van der Waals surface area contributed by atoms with Crippen molar-refractivity contribution in [3.8, 4) is 0 Å². The van der Waals surface area contributed by atoms with Crippen molar-refractivity contribution in [2.45, 2.75) is 44.1 Å². The Kier molecular flexibility index (Phi) is 4.22. The maximum Gasteiger partial charge on any atom is 0.272 e. The number of rotatable bonds is 4. The molecule has 162 valence electrons. The van der Waals surface area contributed by atoms with E-state index in [2.05, 4.69) is 20.6 Å².